The maximum absolute atomic E-state index is 12.3. The van der Waals surface area contributed by atoms with Crippen molar-refractivity contribution < 1.29 is 9.59 Å². The molecule has 0 saturated heterocycles. The summed E-state index contributed by atoms with van der Waals surface area (Å²) in [6.45, 7) is 7.38. The number of carbonyl (C=O) groups excluding carboxylic acids is 2. The van der Waals surface area contributed by atoms with Crippen LogP contribution in [0, 0.1) is 6.92 Å². The van der Waals surface area contributed by atoms with Crippen molar-refractivity contribution in [2.24, 2.45) is 0 Å². The minimum absolute atomic E-state index is 0.442. The molecule has 4 nitrogen and oxygen atoms in total. The molecule has 0 spiro atoms. The molecule has 0 aliphatic carbocycles. The summed E-state index contributed by atoms with van der Waals surface area (Å²) in [5.74, 6) is -1.00. The van der Waals surface area contributed by atoms with Crippen molar-refractivity contribution in [3.63, 3.8) is 0 Å². The van der Waals surface area contributed by atoms with Crippen LogP contribution in [0.5, 0.6) is 0 Å². The second-order valence-corrected chi connectivity index (χ2v) is 6.27. The maximum atomic E-state index is 12.3. The van der Waals surface area contributed by atoms with Gasteiger partial charge in [0, 0.05) is 23.2 Å². The van der Waals surface area contributed by atoms with Crippen molar-refractivity contribution in [2.45, 2.75) is 46.5 Å². The Hall–Kier alpha value is -1.36. The van der Waals surface area contributed by atoms with Gasteiger partial charge in [-0.1, -0.05) is 42.6 Å². The van der Waals surface area contributed by atoms with E-state index in [4.69, 9.17) is 0 Å². The van der Waals surface area contributed by atoms with Crippen LogP contribution in [0.1, 0.15) is 45.1 Å². The summed E-state index contributed by atoms with van der Waals surface area (Å²) < 4.78 is 0.976. The number of rotatable bonds is 7. The first-order chi connectivity index (χ1) is 10.5. The largest absolute Gasteiger partial charge is 0.334 e. The number of nitrogens with zero attached hydrogens (tertiary/aromatic N) is 1. The molecule has 1 rings (SSSR count). The fraction of sp³-hybridized carbons (Fsp3) is 0.529. The van der Waals surface area contributed by atoms with Crippen LogP contribution in [0.2, 0.25) is 0 Å². The second kappa shape index (κ2) is 9.62. The van der Waals surface area contributed by atoms with E-state index in [0.717, 1.165) is 35.7 Å². The van der Waals surface area contributed by atoms with Gasteiger partial charge in [-0.3, -0.25) is 9.59 Å². The average molecular weight is 369 g/mol. The highest BCUT2D eigenvalue weighted by Gasteiger charge is 2.21. The van der Waals surface area contributed by atoms with Crippen LogP contribution in [0.15, 0.2) is 22.7 Å². The quantitative estimate of drug-likeness (QED) is 0.735. The van der Waals surface area contributed by atoms with Gasteiger partial charge >= 0.3 is 11.8 Å². The lowest BCUT2D eigenvalue weighted by Gasteiger charge is -2.21. The van der Waals surface area contributed by atoms with E-state index in [9.17, 15) is 9.59 Å². The molecule has 0 heterocycles. The van der Waals surface area contributed by atoms with E-state index >= 15 is 0 Å². The standard InChI is InChI=1S/C17H25BrN2O2/c1-4-6-10-20(11-7-5-2)17(22)16(21)19-14-8-9-15(18)13(3)12-14/h8-9,12H,4-7,10-11H2,1-3H3,(H,19,21). The number of hydrogen-bond acceptors (Lipinski definition) is 2. The van der Waals surface area contributed by atoms with Gasteiger partial charge in [-0.05, 0) is 43.5 Å². The number of unbranched alkanes of at least 4 members (excludes halogenated alkanes) is 2. The number of aryl methyl sites for hydroxylation is 1. The molecule has 22 heavy (non-hydrogen) atoms. The van der Waals surface area contributed by atoms with Gasteiger partial charge in [0.05, 0.1) is 0 Å². The van der Waals surface area contributed by atoms with Crippen LogP contribution in [0.3, 0.4) is 0 Å². The Bertz CT molecular complexity index is 509. The van der Waals surface area contributed by atoms with E-state index in [1.165, 1.54) is 0 Å². The van der Waals surface area contributed by atoms with Gasteiger partial charge in [-0.25, -0.2) is 0 Å². The number of hydrogen-bond donors (Lipinski definition) is 1. The number of carbonyl (C=O) groups is 2. The SMILES string of the molecule is CCCCN(CCCC)C(=O)C(=O)Nc1ccc(Br)c(C)c1. The summed E-state index contributed by atoms with van der Waals surface area (Å²) in [5.41, 5.74) is 1.66. The smallest absolute Gasteiger partial charge is 0.313 e. The summed E-state index contributed by atoms with van der Waals surface area (Å²) in [6.07, 6.45) is 3.84. The molecule has 0 aliphatic rings. The minimum atomic E-state index is -0.561. The lowest BCUT2D eigenvalue weighted by Crippen LogP contribution is -2.40. The molecule has 0 aromatic heterocycles. The topological polar surface area (TPSA) is 49.4 Å². The molecular formula is C17H25BrN2O2. The highest BCUT2D eigenvalue weighted by atomic mass is 79.9. The van der Waals surface area contributed by atoms with Crippen molar-refractivity contribution in [1.82, 2.24) is 4.90 Å². The van der Waals surface area contributed by atoms with Crippen molar-refractivity contribution in [1.29, 1.82) is 0 Å². The van der Waals surface area contributed by atoms with Gasteiger partial charge in [-0.15, -0.1) is 0 Å². The lowest BCUT2D eigenvalue weighted by atomic mass is 10.2. The van der Waals surface area contributed by atoms with Crippen molar-refractivity contribution >= 4 is 33.4 Å². The van der Waals surface area contributed by atoms with Crippen LogP contribution >= 0.6 is 15.9 Å². The van der Waals surface area contributed by atoms with Gasteiger partial charge in [-0.2, -0.15) is 0 Å². The Labute approximate surface area is 141 Å². The first kappa shape index (κ1) is 18.7. The Morgan fingerprint density at radius 1 is 1.14 bits per heavy atom. The Balaban J connectivity index is 2.70. The molecule has 0 saturated carbocycles. The average Bonchev–Trinajstić information content (AvgIpc) is 2.50. The molecule has 2 amide bonds. The zero-order valence-electron chi connectivity index (χ0n) is 13.6. The molecule has 5 heteroatoms. The second-order valence-electron chi connectivity index (χ2n) is 5.42. The molecule has 1 aromatic carbocycles. The molecule has 1 N–H and O–H groups in total. The summed E-state index contributed by atoms with van der Waals surface area (Å²) in [7, 11) is 0. The van der Waals surface area contributed by atoms with Gasteiger partial charge in [0.2, 0.25) is 0 Å². The fourth-order valence-corrected chi connectivity index (χ4v) is 2.31. The minimum Gasteiger partial charge on any atom is -0.334 e. The van der Waals surface area contributed by atoms with E-state index in [1.807, 2.05) is 19.1 Å². The molecule has 0 aliphatic heterocycles. The Kier molecular flexibility index (Phi) is 8.17. The predicted molar refractivity (Wildman–Crippen MR) is 93.9 cm³/mol. The third-order valence-electron chi connectivity index (χ3n) is 3.46. The summed E-state index contributed by atoms with van der Waals surface area (Å²) in [6, 6.07) is 5.49. The number of halogens is 1. The van der Waals surface area contributed by atoms with Crippen molar-refractivity contribution in [2.75, 3.05) is 18.4 Å². The molecule has 1 aromatic rings. The molecular weight excluding hydrogens is 344 g/mol. The van der Waals surface area contributed by atoms with Gasteiger partial charge in [0.15, 0.2) is 0 Å². The van der Waals surface area contributed by atoms with Gasteiger partial charge in [0.1, 0.15) is 0 Å². The van der Waals surface area contributed by atoms with Gasteiger partial charge in [0.25, 0.3) is 0 Å². The summed E-state index contributed by atoms with van der Waals surface area (Å²) >= 11 is 3.42. The first-order valence-electron chi connectivity index (χ1n) is 7.86. The first-order valence-corrected chi connectivity index (χ1v) is 8.65. The predicted octanol–water partition coefficient (Wildman–Crippen LogP) is 4.12. The lowest BCUT2D eigenvalue weighted by molar-refractivity contribution is -0.143. The number of anilines is 1. The highest BCUT2D eigenvalue weighted by molar-refractivity contribution is 9.10. The van der Waals surface area contributed by atoms with Crippen molar-refractivity contribution in [3.05, 3.63) is 28.2 Å². The Morgan fingerprint density at radius 2 is 1.73 bits per heavy atom. The van der Waals surface area contributed by atoms with Gasteiger partial charge < -0.3 is 10.2 Å². The van der Waals surface area contributed by atoms with Crippen molar-refractivity contribution in [3.8, 4) is 0 Å². The van der Waals surface area contributed by atoms with Crippen LogP contribution in [-0.4, -0.2) is 29.8 Å². The molecule has 0 bridgehead atoms. The zero-order chi connectivity index (χ0) is 16.5. The Morgan fingerprint density at radius 3 is 2.23 bits per heavy atom. The van der Waals surface area contributed by atoms with E-state index in [-0.39, 0.29) is 0 Å². The normalized spacial score (nSPS) is 10.4. The summed E-state index contributed by atoms with van der Waals surface area (Å²) in [4.78, 5) is 26.1. The maximum Gasteiger partial charge on any atom is 0.313 e. The summed E-state index contributed by atoms with van der Waals surface area (Å²) in [5, 5.41) is 2.69. The third kappa shape index (κ3) is 5.79. The third-order valence-corrected chi connectivity index (χ3v) is 4.35. The molecule has 0 fully saturated rings. The fourth-order valence-electron chi connectivity index (χ4n) is 2.06. The molecule has 0 unspecified atom stereocenters. The molecule has 0 radical (unpaired) electrons. The highest BCUT2D eigenvalue weighted by Crippen LogP contribution is 2.20. The number of nitrogens with one attached hydrogen (secondary N) is 1. The van der Waals surface area contributed by atoms with Crippen LogP contribution in [0.4, 0.5) is 5.69 Å². The van der Waals surface area contributed by atoms with E-state index in [0.29, 0.717) is 18.8 Å². The monoisotopic (exact) mass is 368 g/mol. The molecule has 0 atom stereocenters. The zero-order valence-corrected chi connectivity index (χ0v) is 15.2. The van der Waals surface area contributed by atoms with Crippen LogP contribution < -0.4 is 5.32 Å². The van der Waals surface area contributed by atoms with Crippen LogP contribution in [0.25, 0.3) is 0 Å². The molecule has 122 valence electrons. The van der Waals surface area contributed by atoms with E-state index < -0.39 is 11.8 Å². The van der Waals surface area contributed by atoms with E-state index in [1.54, 1.807) is 11.0 Å². The number of amides is 2. The van der Waals surface area contributed by atoms with Crippen LogP contribution in [-0.2, 0) is 9.59 Å². The van der Waals surface area contributed by atoms with E-state index in [2.05, 4.69) is 35.1 Å². The number of benzene rings is 1.